The molecule has 2 aromatic rings. The molecule has 1 aliphatic rings. The van der Waals surface area contributed by atoms with Crippen LogP contribution < -0.4 is 15.0 Å². The average molecular weight is 485 g/mol. The molecule has 1 N–H and O–H groups in total. The van der Waals surface area contributed by atoms with Crippen molar-refractivity contribution in [2.75, 3.05) is 25.1 Å². The SMILES string of the molecule is COc1nc(N2C[C@H](NC(=O)OC(C)(C)C)[C@@H](c3cc(F)ccc3F)C2)ncc1Br. The maximum absolute atomic E-state index is 14.5. The highest BCUT2D eigenvalue weighted by molar-refractivity contribution is 9.10. The predicted molar refractivity (Wildman–Crippen MR) is 111 cm³/mol. The molecular formula is C20H23BrF2N4O3. The molecule has 2 heterocycles. The Morgan fingerprint density at radius 2 is 2.03 bits per heavy atom. The van der Waals surface area contributed by atoms with Gasteiger partial charge in [0.1, 0.15) is 17.2 Å². The van der Waals surface area contributed by atoms with Crippen molar-refractivity contribution in [3.05, 3.63) is 46.1 Å². The van der Waals surface area contributed by atoms with Crippen LogP contribution in [0.4, 0.5) is 19.5 Å². The highest BCUT2D eigenvalue weighted by atomic mass is 79.9. The van der Waals surface area contributed by atoms with E-state index in [4.69, 9.17) is 9.47 Å². The van der Waals surface area contributed by atoms with Crippen molar-refractivity contribution in [1.82, 2.24) is 15.3 Å². The summed E-state index contributed by atoms with van der Waals surface area (Å²) in [5, 5.41) is 2.78. The van der Waals surface area contributed by atoms with E-state index in [2.05, 4.69) is 31.2 Å². The van der Waals surface area contributed by atoms with Gasteiger partial charge in [0.05, 0.1) is 23.8 Å². The second-order valence-corrected chi connectivity index (χ2v) is 8.81. The monoisotopic (exact) mass is 484 g/mol. The van der Waals surface area contributed by atoms with Crippen LogP contribution in [0.1, 0.15) is 32.3 Å². The molecule has 1 fully saturated rings. The number of hydrogen-bond acceptors (Lipinski definition) is 6. The molecule has 2 atom stereocenters. The lowest BCUT2D eigenvalue weighted by molar-refractivity contribution is 0.0504. The summed E-state index contributed by atoms with van der Waals surface area (Å²) in [5.41, 5.74) is -0.521. The molecule has 0 spiro atoms. The molecule has 1 saturated heterocycles. The quantitative estimate of drug-likeness (QED) is 0.705. The highest BCUT2D eigenvalue weighted by Crippen LogP contribution is 2.33. The lowest BCUT2D eigenvalue weighted by Gasteiger charge is -2.24. The normalized spacial score (nSPS) is 19.0. The maximum atomic E-state index is 14.5. The van der Waals surface area contributed by atoms with Crippen LogP contribution in [0.2, 0.25) is 0 Å². The van der Waals surface area contributed by atoms with Crippen LogP contribution in [-0.4, -0.2) is 47.9 Å². The number of hydrogen-bond donors (Lipinski definition) is 1. The summed E-state index contributed by atoms with van der Waals surface area (Å²) in [7, 11) is 1.48. The van der Waals surface area contributed by atoms with Gasteiger partial charge < -0.3 is 19.7 Å². The summed E-state index contributed by atoms with van der Waals surface area (Å²) < 4.78 is 39.5. The van der Waals surface area contributed by atoms with E-state index in [-0.39, 0.29) is 18.7 Å². The smallest absolute Gasteiger partial charge is 0.407 e. The largest absolute Gasteiger partial charge is 0.480 e. The zero-order chi connectivity index (χ0) is 22.1. The van der Waals surface area contributed by atoms with Gasteiger partial charge >= 0.3 is 6.09 Å². The molecule has 0 saturated carbocycles. The van der Waals surface area contributed by atoms with Crippen LogP contribution in [0.15, 0.2) is 28.9 Å². The molecule has 0 unspecified atom stereocenters. The first-order valence-electron chi connectivity index (χ1n) is 9.33. The number of anilines is 1. The van der Waals surface area contributed by atoms with Crippen molar-refractivity contribution in [1.29, 1.82) is 0 Å². The summed E-state index contributed by atoms with van der Waals surface area (Å²) in [5.74, 6) is -0.940. The van der Waals surface area contributed by atoms with E-state index in [0.717, 1.165) is 18.2 Å². The Morgan fingerprint density at radius 1 is 1.30 bits per heavy atom. The van der Waals surface area contributed by atoms with E-state index < -0.39 is 35.3 Å². The number of benzene rings is 1. The topological polar surface area (TPSA) is 76.6 Å². The van der Waals surface area contributed by atoms with Crippen LogP contribution in [0.5, 0.6) is 5.88 Å². The molecule has 1 amide bonds. The van der Waals surface area contributed by atoms with Gasteiger partial charge in [0, 0.05) is 19.0 Å². The summed E-state index contributed by atoms with van der Waals surface area (Å²) in [6.45, 7) is 5.80. The minimum absolute atomic E-state index is 0.169. The molecule has 1 aliphatic heterocycles. The van der Waals surface area contributed by atoms with Crippen molar-refractivity contribution >= 4 is 28.0 Å². The van der Waals surface area contributed by atoms with E-state index in [9.17, 15) is 13.6 Å². The standard InChI is InChI=1S/C20H23BrF2N4O3/c1-20(2,3)30-19(28)25-16-10-27(18-24-8-14(21)17(26-18)29-4)9-13(16)12-7-11(22)5-6-15(12)23/h5-8,13,16H,9-10H2,1-4H3,(H,25,28)/t13-,16+/m1/s1. The molecule has 162 valence electrons. The number of rotatable bonds is 4. The first-order valence-corrected chi connectivity index (χ1v) is 10.1. The number of carbonyl (C=O) groups is 1. The lowest BCUT2D eigenvalue weighted by Crippen LogP contribution is -2.43. The van der Waals surface area contributed by atoms with Gasteiger partial charge in [0.15, 0.2) is 0 Å². The van der Waals surface area contributed by atoms with Gasteiger partial charge in [-0.2, -0.15) is 4.98 Å². The molecule has 30 heavy (non-hydrogen) atoms. The van der Waals surface area contributed by atoms with E-state index >= 15 is 0 Å². The second kappa shape index (κ2) is 8.71. The van der Waals surface area contributed by atoms with Crippen molar-refractivity contribution in [2.45, 2.75) is 38.3 Å². The number of alkyl carbamates (subject to hydrolysis) is 1. The Hall–Kier alpha value is -2.49. The molecule has 0 radical (unpaired) electrons. The van der Waals surface area contributed by atoms with Gasteiger partial charge in [-0.25, -0.2) is 18.6 Å². The Morgan fingerprint density at radius 3 is 2.70 bits per heavy atom. The predicted octanol–water partition coefficient (Wildman–Crippen LogP) is 4.02. The Kier molecular flexibility index (Phi) is 6.44. The number of methoxy groups -OCH3 is 1. The Bertz CT molecular complexity index is 939. The maximum Gasteiger partial charge on any atom is 0.407 e. The first kappa shape index (κ1) is 22.2. The van der Waals surface area contributed by atoms with Gasteiger partial charge in [0.25, 0.3) is 0 Å². The fourth-order valence-electron chi connectivity index (χ4n) is 3.32. The number of amides is 1. The number of nitrogens with zero attached hydrogens (tertiary/aromatic N) is 3. The van der Waals surface area contributed by atoms with Gasteiger partial charge in [-0.1, -0.05) is 0 Å². The third kappa shape index (κ3) is 5.16. The van der Waals surface area contributed by atoms with Crippen LogP contribution in [0.3, 0.4) is 0 Å². The summed E-state index contributed by atoms with van der Waals surface area (Å²) in [6.07, 6.45) is 0.915. The fraction of sp³-hybridized carbons (Fsp3) is 0.450. The fourth-order valence-corrected chi connectivity index (χ4v) is 3.68. The molecule has 3 rings (SSSR count). The average Bonchev–Trinajstić information content (AvgIpc) is 3.06. The zero-order valence-electron chi connectivity index (χ0n) is 17.1. The number of ether oxygens (including phenoxy) is 2. The summed E-state index contributed by atoms with van der Waals surface area (Å²) in [6, 6.07) is 2.74. The molecule has 1 aromatic carbocycles. The molecule has 7 nitrogen and oxygen atoms in total. The Balaban J connectivity index is 1.91. The van der Waals surface area contributed by atoms with Crippen molar-refractivity contribution in [2.24, 2.45) is 0 Å². The number of halogens is 3. The van der Waals surface area contributed by atoms with Gasteiger partial charge in [-0.3, -0.25) is 0 Å². The van der Waals surface area contributed by atoms with Crippen LogP contribution in [-0.2, 0) is 4.74 Å². The second-order valence-electron chi connectivity index (χ2n) is 7.96. The van der Waals surface area contributed by atoms with E-state index in [1.54, 1.807) is 31.9 Å². The molecule has 0 aliphatic carbocycles. The van der Waals surface area contributed by atoms with E-state index in [1.807, 2.05) is 0 Å². The summed E-state index contributed by atoms with van der Waals surface area (Å²) in [4.78, 5) is 22.8. The lowest BCUT2D eigenvalue weighted by atomic mass is 9.94. The number of aromatic nitrogens is 2. The minimum Gasteiger partial charge on any atom is -0.480 e. The molecule has 1 aromatic heterocycles. The highest BCUT2D eigenvalue weighted by Gasteiger charge is 2.38. The van der Waals surface area contributed by atoms with Crippen LogP contribution >= 0.6 is 15.9 Å². The van der Waals surface area contributed by atoms with Crippen LogP contribution in [0, 0.1) is 11.6 Å². The van der Waals surface area contributed by atoms with E-state index in [1.165, 1.54) is 7.11 Å². The van der Waals surface area contributed by atoms with Crippen molar-refractivity contribution in [3.63, 3.8) is 0 Å². The third-order valence-corrected chi connectivity index (χ3v) is 5.10. The molecular weight excluding hydrogens is 462 g/mol. The minimum atomic E-state index is -0.690. The van der Waals surface area contributed by atoms with E-state index in [0.29, 0.717) is 16.3 Å². The van der Waals surface area contributed by atoms with Gasteiger partial charge in [0.2, 0.25) is 11.8 Å². The zero-order valence-corrected chi connectivity index (χ0v) is 18.7. The first-order chi connectivity index (χ1) is 14.1. The number of carbonyl (C=O) groups excluding carboxylic acids is 1. The van der Waals surface area contributed by atoms with Crippen LogP contribution in [0.25, 0.3) is 0 Å². The molecule has 10 heteroatoms. The van der Waals surface area contributed by atoms with Gasteiger partial charge in [-0.05, 0) is 60.5 Å². The van der Waals surface area contributed by atoms with Crippen molar-refractivity contribution in [3.8, 4) is 5.88 Å². The molecule has 0 bridgehead atoms. The summed E-state index contributed by atoms with van der Waals surface area (Å²) >= 11 is 3.30. The van der Waals surface area contributed by atoms with Crippen molar-refractivity contribution < 1.29 is 23.0 Å². The third-order valence-electron chi connectivity index (χ3n) is 4.55. The Labute approximate surface area is 181 Å². The van der Waals surface area contributed by atoms with Gasteiger partial charge in [-0.15, -0.1) is 0 Å². The number of nitrogens with one attached hydrogen (secondary N) is 1.